The monoisotopic (exact) mass is 392 g/mol. The lowest BCUT2D eigenvalue weighted by Gasteiger charge is -2.47. The molecule has 1 unspecified atom stereocenters. The fourth-order valence-electron chi connectivity index (χ4n) is 4.86. The largest absolute Gasteiger partial charge is 0.388 e. The first-order valence-corrected chi connectivity index (χ1v) is 10.9. The van der Waals surface area contributed by atoms with E-state index in [0.29, 0.717) is 12.3 Å². The first kappa shape index (κ1) is 20.1. The summed E-state index contributed by atoms with van der Waals surface area (Å²) in [6.45, 7) is 4.68. The zero-order valence-corrected chi connectivity index (χ0v) is 17.2. The lowest BCUT2D eigenvalue weighted by molar-refractivity contribution is -0.140. The number of nitrogens with zero attached hydrogens (tertiary/aromatic N) is 2. The third kappa shape index (κ3) is 5.06. The van der Waals surface area contributed by atoms with Crippen molar-refractivity contribution in [2.24, 2.45) is 5.41 Å². The molecule has 29 heavy (non-hydrogen) atoms. The predicted molar refractivity (Wildman–Crippen MR) is 115 cm³/mol. The van der Waals surface area contributed by atoms with E-state index in [4.69, 9.17) is 0 Å². The van der Waals surface area contributed by atoms with Gasteiger partial charge in [0.25, 0.3) is 0 Å². The van der Waals surface area contributed by atoms with E-state index < -0.39 is 0 Å². The average Bonchev–Trinajstić information content (AvgIpc) is 2.77. The summed E-state index contributed by atoms with van der Waals surface area (Å²) in [5.41, 5.74) is 2.49. The van der Waals surface area contributed by atoms with Gasteiger partial charge in [0.1, 0.15) is 0 Å². The van der Waals surface area contributed by atoms with Crippen molar-refractivity contribution in [3.8, 4) is 0 Å². The normalized spacial score (nSPS) is 20.7. The molecule has 4 rings (SSSR count). The minimum Gasteiger partial charge on any atom is -0.388 e. The molecule has 0 saturated carbocycles. The zero-order chi connectivity index (χ0) is 20.1. The van der Waals surface area contributed by atoms with Gasteiger partial charge in [0.05, 0.1) is 6.10 Å². The van der Waals surface area contributed by atoms with Gasteiger partial charge in [-0.1, -0.05) is 60.7 Å². The van der Waals surface area contributed by atoms with E-state index in [1.807, 2.05) is 48.5 Å². The summed E-state index contributed by atoms with van der Waals surface area (Å²) >= 11 is 0. The van der Waals surface area contributed by atoms with E-state index in [9.17, 15) is 9.90 Å². The lowest BCUT2D eigenvalue weighted by Crippen LogP contribution is -2.51. The smallest absolute Gasteiger partial charge is 0.222 e. The van der Waals surface area contributed by atoms with Gasteiger partial charge in [0.2, 0.25) is 5.91 Å². The number of piperidine rings is 2. The highest BCUT2D eigenvalue weighted by molar-refractivity contribution is 5.77. The second-order valence-corrected chi connectivity index (χ2v) is 8.79. The number of likely N-dealkylation sites (tertiary alicyclic amines) is 2. The van der Waals surface area contributed by atoms with Gasteiger partial charge in [-0.05, 0) is 55.3 Å². The van der Waals surface area contributed by atoms with E-state index in [1.165, 1.54) is 5.56 Å². The molecule has 2 heterocycles. The van der Waals surface area contributed by atoms with Crippen LogP contribution >= 0.6 is 0 Å². The van der Waals surface area contributed by atoms with Crippen molar-refractivity contribution in [1.29, 1.82) is 0 Å². The molecule has 2 aromatic rings. The minimum absolute atomic E-state index is 0.275. The average molecular weight is 393 g/mol. The molecule has 0 bridgehead atoms. The highest BCUT2D eigenvalue weighted by Crippen LogP contribution is 2.40. The third-order valence-electron chi connectivity index (χ3n) is 6.78. The lowest BCUT2D eigenvalue weighted by atomic mass is 9.72. The molecule has 4 nitrogen and oxygen atoms in total. The summed E-state index contributed by atoms with van der Waals surface area (Å²) in [5.74, 6) is 0.299. The van der Waals surface area contributed by atoms with Gasteiger partial charge in [-0.25, -0.2) is 0 Å². The number of aliphatic hydroxyl groups excluding tert-OH is 1. The second-order valence-electron chi connectivity index (χ2n) is 8.79. The van der Waals surface area contributed by atoms with Gasteiger partial charge in [0.15, 0.2) is 0 Å². The summed E-state index contributed by atoms with van der Waals surface area (Å²) in [4.78, 5) is 17.0. The second kappa shape index (κ2) is 9.10. The van der Waals surface area contributed by atoms with Crippen molar-refractivity contribution in [2.45, 2.75) is 44.8 Å². The maximum absolute atomic E-state index is 12.5. The van der Waals surface area contributed by atoms with Crippen LogP contribution in [0.4, 0.5) is 0 Å². The van der Waals surface area contributed by atoms with E-state index in [-0.39, 0.29) is 11.5 Å². The van der Waals surface area contributed by atoms with Gasteiger partial charge < -0.3 is 14.9 Å². The van der Waals surface area contributed by atoms with Gasteiger partial charge >= 0.3 is 0 Å². The molecule has 0 aliphatic carbocycles. The molecule has 1 N–H and O–H groups in total. The number of carbonyl (C=O) groups excluding carboxylic acids is 1. The Hall–Kier alpha value is -2.17. The maximum atomic E-state index is 12.5. The molecule has 0 aromatic heterocycles. The van der Waals surface area contributed by atoms with Crippen molar-refractivity contribution in [2.75, 3.05) is 26.2 Å². The molecular weight excluding hydrogens is 360 g/mol. The van der Waals surface area contributed by atoms with Crippen LogP contribution in [-0.4, -0.2) is 47.0 Å². The summed E-state index contributed by atoms with van der Waals surface area (Å²) in [6.07, 6.45) is 4.38. The molecule has 4 heteroatoms. The van der Waals surface area contributed by atoms with E-state index in [2.05, 4.69) is 21.9 Å². The minimum atomic E-state index is -0.388. The highest BCUT2D eigenvalue weighted by atomic mass is 16.3. The Morgan fingerprint density at radius 2 is 1.59 bits per heavy atom. The maximum Gasteiger partial charge on any atom is 0.222 e. The van der Waals surface area contributed by atoms with E-state index in [1.54, 1.807) is 0 Å². The van der Waals surface area contributed by atoms with E-state index in [0.717, 1.165) is 64.0 Å². The van der Waals surface area contributed by atoms with E-state index >= 15 is 0 Å². The highest BCUT2D eigenvalue weighted by Gasteiger charge is 2.40. The summed E-state index contributed by atoms with van der Waals surface area (Å²) in [7, 11) is 0. The fourth-order valence-corrected chi connectivity index (χ4v) is 4.86. The quantitative estimate of drug-likeness (QED) is 0.808. The molecule has 1 atom stereocenters. The molecule has 2 aliphatic rings. The van der Waals surface area contributed by atoms with Crippen LogP contribution < -0.4 is 0 Å². The van der Waals surface area contributed by atoms with Gasteiger partial charge in [-0.3, -0.25) is 4.79 Å². The van der Waals surface area contributed by atoms with Crippen LogP contribution in [0.2, 0.25) is 0 Å². The molecule has 1 spiro atoms. The molecule has 1 amide bonds. The fraction of sp³-hybridized carbons (Fsp3) is 0.480. The van der Waals surface area contributed by atoms with Gasteiger partial charge in [0, 0.05) is 26.1 Å². The van der Waals surface area contributed by atoms with Crippen LogP contribution in [0.15, 0.2) is 60.7 Å². The number of rotatable bonds is 6. The Bertz CT molecular complexity index is 785. The van der Waals surface area contributed by atoms with Crippen molar-refractivity contribution < 1.29 is 9.90 Å². The van der Waals surface area contributed by atoms with Crippen LogP contribution in [-0.2, 0) is 11.3 Å². The Morgan fingerprint density at radius 3 is 2.28 bits per heavy atom. The molecule has 154 valence electrons. The number of amides is 1. The van der Waals surface area contributed by atoms with Crippen LogP contribution in [0.3, 0.4) is 0 Å². The Labute approximate surface area is 174 Å². The molecule has 2 aromatic carbocycles. The number of carbonyl (C=O) groups is 1. The summed E-state index contributed by atoms with van der Waals surface area (Å²) in [5, 5.41) is 10.4. The van der Waals surface area contributed by atoms with Crippen LogP contribution in [0.25, 0.3) is 0 Å². The molecule has 2 aliphatic heterocycles. The van der Waals surface area contributed by atoms with Crippen molar-refractivity contribution in [1.82, 2.24) is 9.80 Å². The zero-order valence-electron chi connectivity index (χ0n) is 17.2. The van der Waals surface area contributed by atoms with Crippen LogP contribution in [0.1, 0.15) is 49.3 Å². The molecule has 0 radical (unpaired) electrons. The molecule has 2 fully saturated rings. The summed E-state index contributed by atoms with van der Waals surface area (Å²) in [6, 6.07) is 20.3. The van der Waals surface area contributed by atoms with Crippen molar-refractivity contribution in [3.05, 3.63) is 71.8 Å². The SMILES string of the molecule is O=C1CCC2(CCN(CCC(O)c3ccccc3)CC2)CN1Cc1ccccc1. The van der Waals surface area contributed by atoms with Crippen molar-refractivity contribution >= 4 is 5.91 Å². The summed E-state index contributed by atoms with van der Waals surface area (Å²) < 4.78 is 0. The van der Waals surface area contributed by atoms with Gasteiger partial charge in [-0.2, -0.15) is 0 Å². The Morgan fingerprint density at radius 1 is 0.931 bits per heavy atom. The molecular formula is C25H32N2O2. The number of hydrogen-bond donors (Lipinski definition) is 1. The first-order valence-electron chi connectivity index (χ1n) is 10.9. The van der Waals surface area contributed by atoms with Crippen LogP contribution in [0, 0.1) is 5.41 Å². The standard InChI is InChI=1S/C25H32N2O2/c28-23(22-9-5-2-6-10-22)12-16-26-17-14-25(15-18-26)13-11-24(29)27(20-25)19-21-7-3-1-4-8-21/h1-10,23,28H,11-20H2. The van der Waals surface area contributed by atoms with Gasteiger partial charge in [-0.15, -0.1) is 0 Å². The molecule has 2 saturated heterocycles. The first-order chi connectivity index (χ1) is 14.1. The number of hydrogen-bond acceptors (Lipinski definition) is 3. The third-order valence-corrected chi connectivity index (χ3v) is 6.78. The predicted octanol–water partition coefficient (Wildman–Crippen LogP) is 4.01. The Kier molecular flexibility index (Phi) is 6.31. The number of benzene rings is 2. The van der Waals surface area contributed by atoms with Crippen LogP contribution in [0.5, 0.6) is 0 Å². The van der Waals surface area contributed by atoms with Crippen molar-refractivity contribution in [3.63, 3.8) is 0 Å². The topological polar surface area (TPSA) is 43.8 Å². The number of aliphatic hydroxyl groups is 1. The Balaban J connectivity index is 1.28.